The van der Waals surface area contributed by atoms with Crippen LogP contribution in [0.2, 0.25) is 5.02 Å². The number of halogens is 2. The topological polar surface area (TPSA) is 49.8 Å². The van der Waals surface area contributed by atoms with Crippen molar-refractivity contribution in [2.45, 2.75) is 63.7 Å². The van der Waals surface area contributed by atoms with Gasteiger partial charge in [0.05, 0.1) is 10.6 Å². The lowest BCUT2D eigenvalue weighted by Gasteiger charge is -2.38. The molecule has 25 heavy (non-hydrogen) atoms. The molecule has 4 atom stereocenters. The number of carbonyl (C=O) groups is 1. The lowest BCUT2D eigenvalue weighted by Crippen LogP contribution is -2.49. The van der Waals surface area contributed by atoms with Crippen LogP contribution in [-0.4, -0.2) is 40.7 Å². The van der Waals surface area contributed by atoms with Crippen molar-refractivity contribution in [1.29, 1.82) is 0 Å². The zero-order valence-corrected chi connectivity index (χ0v) is 16.8. The minimum absolute atomic E-state index is 0.00197. The molecule has 1 amide bonds. The molecule has 1 aliphatic heterocycles. The summed E-state index contributed by atoms with van der Waals surface area (Å²) >= 11 is 9.38. The predicted molar refractivity (Wildman–Crippen MR) is 102 cm³/mol. The van der Waals surface area contributed by atoms with Gasteiger partial charge in [-0.15, -0.1) is 0 Å². The Morgan fingerprint density at radius 1 is 1.32 bits per heavy atom. The van der Waals surface area contributed by atoms with Crippen LogP contribution >= 0.6 is 27.5 Å². The van der Waals surface area contributed by atoms with Gasteiger partial charge in [-0.25, -0.2) is 0 Å². The molecule has 3 rings (SSSR count). The highest BCUT2D eigenvalue weighted by atomic mass is 79.9. The highest BCUT2D eigenvalue weighted by molar-refractivity contribution is 9.10. The van der Waals surface area contributed by atoms with Crippen LogP contribution in [0.15, 0.2) is 22.7 Å². The van der Waals surface area contributed by atoms with Crippen LogP contribution in [0.3, 0.4) is 0 Å². The van der Waals surface area contributed by atoms with Crippen molar-refractivity contribution >= 4 is 33.4 Å². The number of hydrogen-bond donors (Lipinski definition) is 1. The lowest BCUT2D eigenvalue weighted by molar-refractivity contribution is -0.141. The van der Waals surface area contributed by atoms with Gasteiger partial charge in [-0.2, -0.15) is 0 Å². The van der Waals surface area contributed by atoms with Gasteiger partial charge in [0.2, 0.25) is 0 Å². The molecule has 6 heteroatoms. The van der Waals surface area contributed by atoms with E-state index < -0.39 is 6.10 Å². The van der Waals surface area contributed by atoms with Crippen LogP contribution in [0.4, 0.5) is 0 Å². The molecule has 1 aromatic carbocycles. The summed E-state index contributed by atoms with van der Waals surface area (Å²) in [6, 6.07) is 5.41. The number of carbonyl (C=O) groups excluding carboxylic acids is 1. The largest absolute Gasteiger partial charge is 0.480 e. The fourth-order valence-electron chi connectivity index (χ4n) is 4.15. The molecule has 1 heterocycles. The van der Waals surface area contributed by atoms with Gasteiger partial charge in [0, 0.05) is 23.5 Å². The molecule has 0 radical (unpaired) electrons. The van der Waals surface area contributed by atoms with E-state index in [0.29, 0.717) is 10.8 Å². The minimum Gasteiger partial charge on any atom is -0.480 e. The smallest absolute Gasteiger partial charge is 0.263 e. The molecule has 1 aliphatic carbocycles. The first-order valence-electron chi connectivity index (χ1n) is 9.07. The Balaban J connectivity index is 1.68. The fourth-order valence-corrected chi connectivity index (χ4v) is 4.92. The van der Waals surface area contributed by atoms with Crippen molar-refractivity contribution in [3.8, 4) is 5.75 Å². The molecule has 1 aromatic rings. The maximum absolute atomic E-state index is 13.0. The van der Waals surface area contributed by atoms with Crippen LogP contribution in [-0.2, 0) is 4.79 Å². The van der Waals surface area contributed by atoms with E-state index in [1.165, 1.54) is 0 Å². The molecule has 1 saturated heterocycles. The highest BCUT2D eigenvalue weighted by Crippen LogP contribution is 2.35. The molecule has 138 valence electrons. The second kappa shape index (κ2) is 8.28. The summed E-state index contributed by atoms with van der Waals surface area (Å²) in [6.07, 6.45) is 5.21. The van der Waals surface area contributed by atoms with Gasteiger partial charge in [-0.05, 0) is 66.7 Å². The molecule has 4 unspecified atom stereocenters. The molecule has 0 aromatic heterocycles. The standard InChI is InChI=1S/C19H25BrClNO3/c1-12(25-18-9-8-13(21)11-15(18)20)19(24)22-10-4-6-16(22)14-5-2-3-7-17(14)23/h8-9,11-12,14,16-17,23H,2-7,10H2,1H3. The van der Waals surface area contributed by atoms with E-state index in [9.17, 15) is 9.90 Å². The first-order chi connectivity index (χ1) is 12.0. The average Bonchev–Trinajstić information content (AvgIpc) is 3.06. The molecule has 2 fully saturated rings. The summed E-state index contributed by atoms with van der Waals surface area (Å²) in [5.41, 5.74) is 0. The normalized spacial score (nSPS) is 28.0. The van der Waals surface area contributed by atoms with Crippen LogP contribution in [0.1, 0.15) is 45.4 Å². The molecule has 4 nitrogen and oxygen atoms in total. The predicted octanol–water partition coefficient (Wildman–Crippen LogP) is 4.41. The monoisotopic (exact) mass is 429 g/mol. The van der Waals surface area contributed by atoms with Gasteiger partial charge in [0.1, 0.15) is 5.75 Å². The molecule has 1 N–H and O–H groups in total. The molecule has 2 aliphatic rings. The Morgan fingerprint density at radius 2 is 2.08 bits per heavy atom. The molecular formula is C19H25BrClNO3. The third-order valence-electron chi connectivity index (χ3n) is 5.40. The number of hydrogen-bond acceptors (Lipinski definition) is 3. The summed E-state index contributed by atoms with van der Waals surface area (Å²) in [7, 11) is 0. The first kappa shape index (κ1) is 19.0. The third-order valence-corrected chi connectivity index (χ3v) is 6.26. The summed E-state index contributed by atoms with van der Waals surface area (Å²) in [5, 5.41) is 11.0. The maximum Gasteiger partial charge on any atom is 0.263 e. The Hall–Kier alpha value is -0.780. The van der Waals surface area contributed by atoms with Gasteiger partial charge in [-0.1, -0.05) is 24.4 Å². The Kier molecular flexibility index (Phi) is 6.29. The van der Waals surface area contributed by atoms with E-state index in [2.05, 4.69) is 15.9 Å². The van der Waals surface area contributed by atoms with E-state index in [1.54, 1.807) is 25.1 Å². The van der Waals surface area contributed by atoms with Gasteiger partial charge in [-0.3, -0.25) is 4.79 Å². The van der Waals surface area contributed by atoms with Gasteiger partial charge < -0.3 is 14.7 Å². The van der Waals surface area contributed by atoms with Gasteiger partial charge >= 0.3 is 0 Å². The van der Waals surface area contributed by atoms with Crippen molar-refractivity contribution in [2.24, 2.45) is 5.92 Å². The van der Waals surface area contributed by atoms with E-state index >= 15 is 0 Å². The zero-order valence-electron chi connectivity index (χ0n) is 14.5. The Bertz CT molecular complexity index is 627. The van der Waals surface area contributed by atoms with Crippen molar-refractivity contribution < 1.29 is 14.6 Å². The average molecular weight is 431 g/mol. The molecular weight excluding hydrogens is 406 g/mol. The van der Waals surface area contributed by atoms with E-state index in [1.807, 2.05) is 4.90 Å². The number of benzene rings is 1. The number of amides is 1. The summed E-state index contributed by atoms with van der Waals surface area (Å²) in [5.74, 6) is 0.815. The van der Waals surface area contributed by atoms with Crippen molar-refractivity contribution in [3.05, 3.63) is 27.7 Å². The number of aliphatic hydroxyl groups excluding tert-OH is 1. The summed E-state index contributed by atoms with van der Waals surface area (Å²) < 4.78 is 6.61. The van der Waals surface area contributed by atoms with Crippen molar-refractivity contribution in [2.75, 3.05) is 6.54 Å². The first-order valence-corrected chi connectivity index (χ1v) is 10.2. The maximum atomic E-state index is 13.0. The van der Waals surface area contributed by atoms with Gasteiger partial charge in [0.15, 0.2) is 6.10 Å². The lowest BCUT2D eigenvalue weighted by atomic mass is 9.80. The highest BCUT2D eigenvalue weighted by Gasteiger charge is 2.40. The fraction of sp³-hybridized carbons (Fsp3) is 0.632. The minimum atomic E-state index is -0.571. The molecule has 0 bridgehead atoms. The summed E-state index contributed by atoms with van der Waals surface area (Å²) in [6.45, 7) is 2.54. The Labute approximate surface area is 162 Å². The van der Waals surface area contributed by atoms with Gasteiger partial charge in [0.25, 0.3) is 5.91 Å². The van der Waals surface area contributed by atoms with E-state index in [0.717, 1.165) is 49.5 Å². The molecule has 1 saturated carbocycles. The van der Waals surface area contributed by atoms with Crippen LogP contribution in [0.25, 0.3) is 0 Å². The number of likely N-dealkylation sites (tertiary alicyclic amines) is 1. The van der Waals surface area contributed by atoms with Crippen LogP contribution < -0.4 is 4.74 Å². The number of ether oxygens (including phenoxy) is 1. The zero-order chi connectivity index (χ0) is 18.0. The van der Waals surface area contributed by atoms with Crippen LogP contribution in [0.5, 0.6) is 5.75 Å². The van der Waals surface area contributed by atoms with E-state index in [-0.39, 0.29) is 24.0 Å². The second-order valence-electron chi connectivity index (χ2n) is 7.09. The number of aliphatic hydroxyl groups is 1. The van der Waals surface area contributed by atoms with Crippen molar-refractivity contribution in [3.63, 3.8) is 0 Å². The second-order valence-corrected chi connectivity index (χ2v) is 8.38. The quantitative estimate of drug-likeness (QED) is 0.769. The number of nitrogens with zero attached hydrogens (tertiary/aromatic N) is 1. The SMILES string of the molecule is CC(Oc1ccc(Cl)cc1Br)C(=O)N1CCCC1C1CCCCC1O. The Morgan fingerprint density at radius 3 is 2.80 bits per heavy atom. The van der Waals surface area contributed by atoms with E-state index in [4.69, 9.17) is 16.3 Å². The molecule has 0 spiro atoms. The third kappa shape index (κ3) is 4.32. The van der Waals surface area contributed by atoms with Crippen molar-refractivity contribution in [1.82, 2.24) is 4.90 Å². The van der Waals surface area contributed by atoms with Crippen LogP contribution in [0, 0.1) is 5.92 Å². The number of rotatable bonds is 4. The summed E-state index contributed by atoms with van der Waals surface area (Å²) in [4.78, 5) is 14.9.